The number of phenols is 4. The zero-order valence-electron chi connectivity index (χ0n) is 26.6. The van der Waals surface area contributed by atoms with Crippen LogP contribution in [0.1, 0.15) is 11.1 Å². The summed E-state index contributed by atoms with van der Waals surface area (Å²) in [5.41, 5.74) is 9.10. The lowest BCUT2D eigenvalue weighted by Crippen LogP contribution is -2.16. The molecule has 50 heavy (non-hydrogen) atoms. The minimum Gasteiger partial charge on any atom is -0.508 e. The molecule has 14 heteroatoms. The van der Waals surface area contributed by atoms with Crippen molar-refractivity contribution in [2.45, 2.75) is 0 Å². The predicted molar refractivity (Wildman–Crippen MR) is 188 cm³/mol. The Morgan fingerprint density at radius 2 is 1.04 bits per heavy atom. The minimum atomic E-state index is -0.214. The van der Waals surface area contributed by atoms with E-state index in [0.717, 1.165) is 11.4 Å². The molecule has 0 aliphatic carbocycles. The average Bonchev–Trinajstić information content (AvgIpc) is 3.15. The lowest BCUT2D eigenvalue weighted by molar-refractivity contribution is 0.461. The fraction of sp³-hybridized carbons (Fsp3) is 0.0556. The van der Waals surface area contributed by atoms with Crippen molar-refractivity contribution < 1.29 is 20.4 Å². The molecule has 0 amide bonds. The lowest BCUT2D eigenvalue weighted by Gasteiger charge is -2.17. The van der Waals surface area contributed by atoms with E-state index in [1.165, 1.54) is 36.4 Å². The first kappa shape index (κ1) is 32.4. The second kappa shape index (κ2) is 13.6. The van der Waals surface area contributed by atoms with Crippen molar-refractivity contribution in [2.24, 2.45) is 0 Å². The summed E-state index contributed by atoms with van der Waals surface area (Å²) in [7, 11) is 3.52. The quantitative estimate of drug-likeness (QED) is 0.0653. The topological polar surface area (TPSA) is 228 Å². The Balaban J connectivity index is 1.53. The van der Waals surface area contributed by atoms with Gasteiger partial charge in [-0.05, 0) is 60.7 Å². The molecule has 0 radical (unpaired) electrons. The van der Waals surface area contributed by atoms with Crippen LogP contribution in [-0.2, 0) is 0 Å². The van der Waals surface area contributed by atoms with Crippen molar-refractivity contribution in [3.8, 4) is 80.4 Å². The highest BCUT2D eigenvalue weighted by Crippen LogP contribution is 2.37. The minimum absolute atomic E-state index is 0.00966. The molecule has 0 aliphatic heterocycles. The molecule has 2 aromatic heterocycles. The van der Waals surface area contributed by atoms with Crippen LogP contribution in [0.3, 0.4) is 0 Å². The number of phenolic OH excluding ortho intramolecular Hbond substituents is 4. The molecule has 4 aromatic carbocycles. The van der Waals surface area contributed by atoms with Gasteiger partial charge in [-0.25, -0.2) is 19.9 Å². The molecule has 14 nitrogen and oxygen atoms in total. The van der Waals surface area contributed by atoms with Crippen molar-refractivity contribution >= 4 is 23.0 Å². The predicted octanol–water partition coefficient (Wildman–Crippen LogP) is 6.02. The standard InChI is InChI=1S/C36H28N10O4/c1-39-21-8-6-19(7-9-21)31-27(17-37)35(43-33(41-31)25-15-23(47)10-12-29(25)49)45-46-36-28(18-38)32(20-4-3-5-22(14-20)40-2)42-34(44-36)26-16-24(48)11-13-30(26)50/h3-16,39-40,47-50H,1-2H3,(H,41,43,45)(H,42,44,46). The first-order valence-corrected chi connectivity index (χ1v) is 15.0. The van der Waals surface area contributed by atoms with Crippen LogP contribution < -0.4 is 21.5 Å². The second-order valence-electron chi connectivity index (χ2n) is 10.8. The Morgan fingerprint density at radius 3 is 1.52 bits per heavy atom. The van der Waals surface area contributed by atoms with Gasteiger partial charge in [0.25, 0.3) is 0 Å². The summed E-state index contributed by atoms with van der Waals surface area (Å²) in [6.07, 6.45) is 0. The first-order chi connectivity index (χ1) is 24.2. The highest BCUT2D eigenvalue weighted by molar-refractivity contribution is 5.81. The number of hydrogen-bond donors (Lipinski definition) is 8. The van der Waals surface area contributed by atoms with Gasteiger partial charge < -0.3 is 31.1 Å². The molecule has 0 saturated heterocycles. The van der Waals surface area contributed by atoms with Crippen molar-refractivity contribution in [1.29, 1.82) is 10.5 Å². The summed E-state index contributed by atoms with van der Waals surface area (Å²) in [6, 6.07) is 26.4. The Labute approximate surface area is 285 Å². The molecule has 246 valence electrons. The maximum atomic E-state index is 10.7. The zero-order chi connectivity index (χ0) is 35.4. The van der Waals surface area contributed by atoms with Crippen LogP contribution in [0.4, 0.5) is 23.0 Å². The lowest BCUT2D eigenvalue weighted by atomic mass is 10.0. The van der Waals surface area contributed by atoms with Crippen LogP contribution in [0.15, 0.2) is 84.9 Å². The summed E-state index contributed by atoms with van der Waals surface area (Å²) in [4.78, 5) is 18.3. The third kappa shape index (κ3) is 6.35. The zero-order valence-corrected chi connectivity index (χ0v) is 26.6. The van der Waals surface area contributed by atoms with Gasteiger partial charge in [-0.2, -0.15) is 10.5 Å². The van der Waals surface area contributed by atoms with Crippen LogP contribution >= 0.6 is 0 Å². The monoisotopic (exact) mass is 664 g/mol. The van der Waals surface area contributed by atoms with Crippen molar-refractivity contribution in [3.05, 3.63) is 96.1 Å². The molecule has 8 N–H and O–H groups in total. The van der Waals surface area contributed by atoms with E-state index in [9.17, 15) is 30.9 Å². The second-order valence-corrected chi connectivity index (χ2v) is 10.8. The number of aromatic hydroxyl groups is 4. The summed E-state index contributed by atoms with van der Waals surface area (Å²) >= 11 is 0. The Bertz CT molecular complexity index is 2330. The van der Waals surface area contributed by atoms with Gasteiger partial charge in [-0.3, -0.25) is 10.9 Å². The van der Waals surface area contributed by atoms with Crippen LogP contribution in [-0.4, -0.2) is 54.5 Å². The van der Waals surface area contributed by atoms with Gasteiger partial charge in [0.05, 0.1) is 22.5 Å². The highest BCUT2D eigenvalue weighted by atomic mass is 16.3. The normalized spacial score (nSPS) is 10.5. The third-order valence-corrected chi connectivity index (χ3v) is 7.65. The van der Waals surface area contributed by atoms with Crippen molar-refractivity contribution in [3.63, 3.8) is 0 Å². The molecule has 0 spiro atoms. The summed E-state index contributed by atoms with van der Waals surface area (Å²) in [6.45, 7) is 0. The maximum absolute atomic E-state index is 10.7. The largest absolute Gasteiger partial charge is 0.508 e. The van der Waals surface area contributed by atoms with Gasteiger partial charge in [-0.15, -0.1) is 0 Å². The van der Waals surface area contributed by atoms with Crippen molar-refractivity contribution in [1.82, 2.24) is 19.9 Å². The van der Waals surface area contributed by atoms with Crippen LogP contribution in [0.2, 0.25) is 0 Å². The number of hydrazine groups is 1. The molecule has 2 heterocycles. The molecule has 6 aromatic rings. The van der Waals surface area contributed by atoms with Gasteiger partial charge in [0.15, 0.2) is 23.3 Å². The fourth-order valence-corrected chi connectivity index (χ4v) is 5.11. The van der Waals surface area contributed by atoms with Gasteiger partial charge in [-0.1, -0.05) is 24.3 Å². The molecule has 0 aliphatic rings. The van der Waals surface area contributed by atoms with Crippen molar-refractivity contribution in [2.75, 3.05) is 35.6 Å². The third-order valence-electron chi connectivity index (χ3n) is 7.65. The summed E-state index contributed by atoms with van der Waals surface area (Å²) in [5.74, 6) is -0.851. The fourth-order valence-electron chi connectivity index (χ4n) is 5.11. The van der Waals surface area contributed by atoms with Gasteiger partial charge in [0.2, 0.25) is 0 Å². The summed E-state index contributed by atoms with van der Waals surface area (Å²) in [5, 5.41) is 68.6. The number of nitrogens with zero attached hydrogens (tertiary/aromatic N) is 6. The van der Waals surface area contributed by atoms with E-state index in [0.29, 0.717) is 11.1 Å². The van der Waals surface area contributed by atoms with E-state index in [2.05, 4.69) is 53.6 Å². The molecule has 0 atom stereocenters. The number of aromatic nitrogens is 4. The molecule has 0 saturated carbocycles. The number of nitrogens with one attached hydrogen (secondary N) is 4. The van der Waals surface area contributed by atoms with E-state index in [1.807, 2.05) is 6.07 Å². The number of anilines is 4. The Morgan fingerprint density at radius 1 is 0.540 bits per heavy atom. The van der Waals surface area contributed by atoms with E-state index in [1.54, 1.807) is 56.6 Å². The first-order valence-electron chi connectivity index (χ1n) is 15.0. The van der Waals surface area contributed by atoms with E-state index < -0.39 is 0 Å². The van der Waals surface area contributed by atoms with E-state index in [4.69, 9.17) is 0 Å². The van der Waals surface area contributed by atoms with Crippen LogP contribution in [0.25, 0.3) is 45.3 Å². The maximum Gasteiger partial charge on any atom is 0.167 e. The summed E-state index contributed by atoms with van der Waals surface area (Å²) < 4.78 is 0. The number of hydrogen-bond acceptors (Lipinski definition) is 14. The highest BCUT2D eigenvalue weighted by Gasteiger charge is 2.22. The number of rotatable bonds is 9. The molecular weight excluding hydrogens is 636 g/mol. The average molecular weight is 665 g/mol. The molecule has 0 fully saturated rings. The molecule has 6 rings (SSSR count). The smallest absolute Gasteiger partial charge is 0.167 e. The molecule has 0 bridgehead atoms. The number of nitriles is 2. The van der Waals surface area contributed by atoms with E-state index in [-0.39, 0.29) is 79.9 Å². The van der Waals surface area contributed by atoms with Crippen LogP contribution in [0, 0.1) is 22.7 Å². The number of benzene rings is 4. The van der Waals surface area contributed by atoms with Gasteiger partial charge in [0, 0.05) is 36.6 Å². The molecule has 0 unspecified atom stereocenters. The van der Waals surface area contributed by atoms with Crippen LogP contribution in [0.5, 0.6) is 23.0 Å². The van der Waals surface area contributed by atoms with Gasteiger partial charge in [0.1, 0.15) is 46.3 Å². The SMILES string of the molecule is CNc1ccc(-c2nc(-c3cc(O)ccc3O)nc(NNc3nc(-c4cc(O)ccc4O)nc(-c4cccc(NC)c4)c3C#N)c2C#N)cc1. The Kier molecular flexibility index (Phi) is 8.83. The molecular formula is C36H28N10O4. The van der Waals surface area contributed by atoms with E-state index >= 15 is 0 Å². The van der Waals surface area contributed by atoms with Gasteiger partial charge >= 0.3 is 0 Å². The Hall–Kier alpha value is -7.58.